The Morgan fingerprint density at radius 1 is 1.06 bits per heavy atom. The van der Waals surface area contributed by atoms with Crippen LogP contribution in [0.3, 0.4) is 0 Å². The molecular weight excluding hydrogens is 440 g/mol. The SMILES string of the molecule is COC1(c2ccc(Cl)c(C(O)(O)c3ccc(C4CC4)cc3)c2)OC(CO)C(O)C(O)C1O. The third kappa shape index (κ3) is 3.86. The molecule has 0 amide bonds. The fourth-order valence-corrected chi connectivity index (χ4v) is 4.48. The van der Waals surface area contributed by atoms with Crippen LogP contribution in [0.15, 0.2) is 42.5 Å². The molecule has 1 saturated heterocycles. The van der Waals surface area contributed by atoms with E-state index in [4.69, 9.17) is 21.1 Å². The van der Waals surface area contributed by atoms with E-state index in [0.717, 1.165) is 18.4 Å². The summed E-state index contributed by atoms with van der Waals surface area (Å²) in [5, 5.41) is 62.7. The molecule has 6 N–H and O–H groups in total. The lowest BCUT2D eigenvalue weighted by molar-refractivity contribution is -0.366. The first-order valence-electron chi connectivity index (χ1n) is 10.4. The molecular formula is C23H27ClO8. The van der Waals surface area contributed by atoms with Crippen LogP contribution in [-0.2, 0) is 21.0 Å². The van der Waals surface area contributed by atoms with Crippen molar-refractivity contribution < 1.29 is 40.1 Å². The molecule has 0 radical (unpaired) electrons. The van der Waals surface area contributed by atoms with E-state index in [-0.39, 0.29) is 21.7 Å². The van der Waals surface area contributed by atoms with Crippen molar-refractivity contribution in [3.05, 3.63) is 69.7 Å². The molecule has 174 valence electrons. The van der Waals surface area contributed by atoms with Gasteiger partial charge in [-0.15, -0.1) is 0 Å². The van der Waals surface area contributed by atoms with Gasteiger partial charge in [-0.2, -0.15) is 0 Å². The van der Waals surface area contributed by atoms with Crippen LogP contribution in [0.1, 0.15) is 41.0 Å². The molecule has 2 aliphatic rings. The van der Waals surface area contributed by atoms with Crippen LogP contribution in [0.2, 0.25) is 5.02 Å². The van der Waals surface area contributed by atoms with Gasteiger partial charge < -0.3 is 40.1 Å². The first-order valence-corrected chi connectivity index (χ1v) is 10.8. The van der Waals surface area contributed by atoms with Crippen molar-refractivity contribution in [2.24, 2.45) is 0 Å². The molecule has 2 fully saturated rings. The Morgan fingerprint density at radius 2 is 1.72 bits per heavy atom. The fourth-order valence-electron chi connectivity index (χ4n) is 4.24. The summed E-state index contributed by atoms with van der Waals surface area (Å²) in [6.45, 7) is -0.645. The number of hydrogen-bond acceptors (Lipinski definition) is 8. The second-order valence-electron chi connectivity index (χ2n) is 8.40. The van der Waals surface area contributed by atoms with Crippen molar-refractivity contribution in [3.63, 3.8) is 0 Å². The van der Waals surface area contributed by atoms with Gasteiger partial charge in [0.25, 0.3) is 0 Å². The van der Waals surface area contributed by atoms with E-state index in [1.807, 2.05) is 12.1 Å². The Kier molecular flexibility index (Phi) is 6.36. The van der Waals surface area contributed by atoms with E-state index < -0.39 is 42.6 Å². The van der Waals surface area contributed by atoms with Gasteiger partial charge in [-0.1, -0.05) is 41.9 Å². The lowest BCUT2D eigenvalue weighted by atomic mass is 9.86. The van der Waals surface area contributed by atoms with Crippen LogP contribution in [0.5, 0.6) is 0 Å². The number of benzene rings is 2. The second-order valence-corrected chi connectivity index (χ2v) is 8.81. The first kappa shape index (κ1) is 23.6. The molecule has 5 unspecified atom stereocenters. The average molecular weight is 467 g/mol. The molecule has 1 saturated carbocycles. The van der Waals surface area contributed by atoms with Crippen LogP contribution >= 0.6 is 11.6 Å². The van der Waals surface area contributed by atoms with E-state index in [1.54, 1.807) is 12.1 Å². The van der Waals surface area contributed by atoms with Crippen LogP contribution in [-0.4, -0.2) is 68.8 Å². The zero-order valence-electron chi connectivity index (χ0n) is 17.4. The number of aliphatic hydroxyl groups excluding tert-OH is 4. The van der Waals surface area contributed by atoms with E-state index >= 15 is 0 Å². The molecule has 1 aliphatic carbocycles. The van der Waals surface area contributed by atoms with Crippen molar-refractivity contribution in [3.8, 4) is 0 Å². The van der Waals surface area contributed by atoms with Gasteiger partial charge in [0.05, 0.1) is 6.61 Å². The maximum absolute atomic E-state index is 11.0. The van der Waals surface area contributed by atoms with E-state index in [9.17, 15) is 30.6 Å². The van der Waals surface area contributed by atoms with Crippen LogP contribution in [0.4, 0.5) is 0 Å². The molecule has 9 heteroatoms. The van der Waals surface area contributed by atoms with Gasteiger partial charge >= 0.3 is 0 Å². The minimum atomic E-state index is -2.47. The van der Waals surface area contributed by atoms with Gasteiger partial charge in [-0.05, 0) is 36.5 Å². The van der Waals surface area contributed by atoms with E-state index in [1.165, 1.54) is 25.3 Å². The summed E-state index contributed by atoms with van der Waals surface area (Å²) in [7, 11) is 1.22. The summed E-state index contributed by atoms with van der Waals surface area (Å²) in [5.41, 5.74) is 1.34. The summed E-state index contributed by atoms with van der Waals surface area (Å²) in [6, 6.07) is 11.0. The molecule has 5 atom stereocenters. The van der Waals surface area contributed by atoms with Gasteiger partial charge in [-0.25, -0.2) is 0 Å². The van der Waals surface area contributed by atoms with E-state index in [2.05, 4.69) is 0 Å². The van der Waals surface area contributed by atoms with Gasteiger partial charge in [0.2, 0.25) is 11.6 Å². The highest BCUT2D eigenvalue weighted by molar-refractivity contribution is 6.31. The predicted molar refractivity (Wildman–Crippen MR) is 114 cm³/mol. The third-order valence-electron chi connectivity index (χ3n) is 6.36. The Balaban J connectivity index is 1.75. The van der Waals surface area contributed by atoms with Gasteiger partial charge in [0.1, 0.15) is 24.4 Å². The highest BCUT2D eigenvalue weighted by Gasteiger charge is 2.55. The molecule has 4 rings (SSSR count). The Hall–Kier alpha value is -1.59. The minimum absolute atomic E-state index is 0.0425. The summed E-state index contributed by atoms with van der Waals surface area (Å²) in [4.78, 5) is 0. The number of methoxy groups -OCH3 is 1. The number of aliphatic hydroxyl groups is 6. The molecule has 1 heterocycles. The standard InChI is InChI=1S/C23H27ClO8/c1-31-23(21(28)20(27)19(26)18(11-25)32-23)15-8-9-17(24)16(10-15)22(29,30)14-6-4-13(5-7-14)12-2-3-12/h4-10,12,18-21,25-30H,2-3,11H2,1H3. The highest BCUT2D eigenvalue weighted by Crippen LogP contribution is 2.43. The van der Waals surface area contributed by atoms with Crippen molar-refractivity contribution in [1.82, 2.24) is 0 Å². The summed E-state index contributed by atoms with van der Waals surface area (Å²) < 4.78 is 11.1. The van der Waals surface area contributed by atoms with Gasteiger partial charge in [0, 0.05) is 28.8 Å². The molecule has 0 bridgehead atoms. The van der Waals surface area contributed by atoms with Crippen LogP contribution < -0.4 is 0 Å². The summed E-state index contributed by atoms with van der Waals surface area (Å²) >= 11 is 6.30. The fraction of sp³-hybridized carbons (Fsp3) is 0.478. The Bertz CT molecular complexity index is 959. The Labute approximate surface area is 190 Å². The van der Waals surface area contributed by atoms with Crippen LogP contribution in [0.25, 0.3) is 0 Å². The number of rotatable bonds is 6. The average Bonchev–Trinajstić information content (AvgIpc) is 3.64. The lowest BCUT2D eigenvalue weighted by Crippen LogP contribution is -2.64. The normalized spacial score (nSPS) is 31.0. The summed E-state index contributed by atoms with van der Waals surface area (Å²) in [6.07, 6.45) is -4.01. The number of ether oxygens (including phenoxy) is 2. The zero-order chi connectivity index (χ0) is 23.3. The smallest absolute Gasteiger partial charge is 0.224 e. The molecule has 8 nitrogen and oxygen atoms in total. The highest BCUT2D eigenvalue weighted by atomic mass is 35.5. The van der Waals surface area contributed by atoms with Gasteiger partial charge in [-0.3, -0.25) is 0 Å². The Morgan fingerprint density at radius 3 is 2.28 bits per heavy atom. The second kappa shape index (κ2) is 8.64. The lowest BCUT2D eigenvalue weighted by Gasteiger charge is -2.47. The van der Waals surface area contributed by atoms with Crippen LogP contribution in [0, 0.1) is 0 Å². The van der Waals surface area contributed by atoms with Crippen molar-refractivity contribution >= 4 is 11.6 Å². The molecule has 2 aromatic carbocycles. The zero-order valence-corrected chi connectivity index (χ0v) is 18.2. The monoisotopic (exact) mass is 466 g/mol. The number of hydrogen-bond donors (Lipinski definition) is 6. The first-order chi connectivity index (χ1) is 15.2. The quantitative estimate of drug-likeness (QED) is 0.341. The topological polar surface area (TPSA) is 140 Å². The van der Waals surface area contributed by atoms with Crippen molar-refractivity contribution in [1.29, 1.82) is 0 Å². The van der Waals surface area contributed by atoms with E-state index in [0.29, 0.717) is 5.92 Å². The molecule has 0 spiro atoms. The third-order valence-corrected chi connectivity index (χ3v) is 6.69. The molecule has 32 heavy (non-hydrogen) atoms. The molecule has 0 aromatic heterocycles. The van der Waals surface area contributed by atoms with Gasteiger partial charge in [0.15, 0.2) is 0 Å². The van der Waals surface area contributed by atoms with Crippen molar-refractivity contribution in [2.45, 2.75) is 54.7 Å². The maximum atomic E-state index is 11.0. The molecule has 2 aromatic rings. The maximum Gasteiger partial charge on any atom is 0.224 e. The predicted octanol–water partition coefficient (Wildman–Crippen LogP) is 0.676. The summed E-state index contributed by atoms with van der Waals surface area (Å²) in [5.74, 6) is -3.97. The van der Waals surface area contributed by atoms with Crippen molar-refractivity contribution in [2.75, 3.05) is 13.7 Å². The minimum Gasteiger partial charge on any atom is -0.394 e. The molecule has 1 aliphatic heterocycles. The largest absolute Gasteiger partial charge is 0.394 e. The number of halogens is 1.